The van der Waals surface area contributed by atoms with Crippen LogP contribution >= 0.6 is 0 Å². The molecule has 6 aromatic carbocycles. The lowest BCUT2D eigenvalue weighted by atomic mass is 9.65. The van der Waals surface area contributed by atoms with Crippen LogP contribution in [0.25, 0.3) is 38.3 Å². The highest BCUT2D eigenvalue weighted by Crippen LogP contribution is 2.66. The smallest absolute Gasteiger partial charge is 0.176 e. The number of rotatable bonds is 1. The van der Waals surface area contributed by atoms with Gasteiger partial charge in [0.1, 0.15) is 5.69 Å². The van der Waals surface area contributed by atoms with Crippen LogP contribution in [-0.2, 0) is 5.41 Å². The molecular weight excluding hydrogens is 564 g/mol. The third kappa shape index (κ3) is 2.48. The van der Waals surface area contributed by atoms with Gasteiger partial charge in [-0.05, 0) is 58.5 Å². The van der Waals surface area contributed by atoms with Crippen LogP contribution in [0.4, 0.5) is 17.1 Å². The molecule has 0 fully saturated rings. The van der Waals surface area contributed by atoms with E-state index in [4.69, 9.17) is 9.47 Å². The molecule has 4 heteroatoms. The number of hydrogen-bond donors (Lipinski definition) is 0. The lowest BCUT2D eigenvalue weighted by Crippen LogP contribution is -2.36. The van der Waals surface area contributed by atoms with E-state index in [1.165, 1.54) is 49.6 Å². The fourth-order valence-electron chi connectivity index (χ4n) is 9.59. The molecule has 1 aromatic heterocycles. The van der Waals surface area contributed by atoms with Crippen molar-refractivity contribution in [2.75, 3.05) is 4.90 Å². The first-order valence-corrected chi connectivity index (χ1v) is 16.1. The van der Waals surface area contributed by atoms with Crippen molar-refractivity contribution in [2.24, 2.45) is 5.92 Å². The Morgan fingerprint density at radius 2 is 1.39 bits per heavy atom. The van der Waals surface area contributed by atoms with Gasteiger partial charge in [-0.15, -0.1) is 0 Å². The highest BCUT2D eigenvalue weighted by atomic mass is 16.5. The maximum absolute atomic E-state index is 7.04. The van der Waals surface area contributed by atoms with Crippen LogP contribution < -0.4 is 14.4 Å². The van der Waals surface area contributed by atoms with Gasteiger partial charge in [0.15, 0.2) is 23.0 Å². The first-order valence-electron chi connectivity index (χ1n) is 16.1. The summed E-state index contributed by atoms with van der Waals surface area (Å²) in [4.78, 5) is 2.51. The number of nitrogens with zero attached hydrogens (tertiary/aromatic N) is 2. The molecule has 0 amide bonds. The molecule has 3 atom stereocenters. The number of allylic oxidation sites excluding steroid dienone is 4. The standard InChI is InChI=1S/C42H26N2O2/c1-42-29-14-5-4-11-25(29)26-12-6-15-31(36(26)42)43(37-24-10-3-2-9-23(24)19-21-30(37)42)32-22-20-28-27-13-7-16-33-38(27)44-39(28)41(32)46-35-18-8-17-34(45-33)40(35)44/h2-22,25,29H,1H3. The normalized spacial score (nSPS) is 21.8. The summed E-state index contributed by atoms with van der Waals surface area (Å²) < 4.78 is 15.9. The maximum atomic E-state index is 7.04. The lowest BCUT2D eigenvalue weighted by Gasteiger charge is -2.45. The fourth-order valence-corrected chi connectivity index (χ4v) is 9.59. The molecule has 2 aliphatic carbocycles. The predicted octanol–water partition coefficient (Wildman–Crippen LogP) is 11.1. The molecule has 0 saturated heterocycles. The van der Waals surface area contributed by atoms with Gasteiger partial charge in [-0.25, -0.2) is 0 Å². The zero-order chi connectivity index (χ0) is 29.9. The number of fused-ring (bicyclic) bond motifs is 8. The van der Waals surface area contributed by atoms with E-state index in [2.05, 4.69) is 132 Å². The third-order valence-corrected chi connectivity index (χ3v) is 11.4. The zero-order valence-corrected chi connectivity index (χ0v) is 25.0. The molecule has 4 nitrogen and oxygen atoms in total. The van der Waals surface area contributed by atoms with Gasteiger partial charge in [0.2, 0.25) is 0 Å². The Hall–Kier alpha value is -5.74. The minimum Gasteiger partial charge on any atom is -0.453 e. The van der Waals surface area contributed by atoms with E-state index in [1.54, 1.807) is 0 Å². The zero-order valence-electron chi connectivity index (χ0n) is 25.0. The van der Waals surface area contributed by atoms with E-state index in [1.807, 2.05) is 12.1 Å². The minimum atomic E-state index is -0.181. The monoisotopic (exact) mass is 590 g/mol. The Kier molecular flexibility index (Phi) is 3.97. The maximum Gasteiger partial charge on any atom is 0.176 e. The van der Waals surface area contributed by atoms with Crippen LogP contribution in [0.2, 0.25) is 0 Å². The first-order chi connectivity index (χ1) is 22.7. The van der Waals surface area contributed by atoms with Crippen LogP contribution in [0.1, 0.15) is 29.5 Å². The molecule has 0 N–H and O–H groups in total. The second-order valence-electron chi connectivity index (χ2n) is 13.4. The van der Waals surface area contributed by atoms with Gasteiger partial charge in [-0.1, -0.05) is 98.0 Å². The molecule has 0 spiro atoms. The van der Waals surface area contributed by atoms with Crippen molar-refractivity contribution in [2.45, 2.75) is 18.3 Å². The Morgan fingerprint density at radius 3 is 2.35 bits per heavy atom. The second-order valence-corrected chi connectivity index (χ2v) is 13.4. The number of aromatic nitrogens is 1. The molecule has 3 unspecified atom stereocenters. The molecule has 12 rings (SSSR count). The SMILES string of the molecule is CC12c3ccc4ccccc4c3N(c3ccc4c5cccc6c5n5c4c3Oc3cccc(c3-5)O6)c3cccc(c31)C1C=CC=CC12. The van der Waals surface area contributed by atoms with Crippen molar-refractivity contribution in [3.8, 4) is 28.7 Å². The third-order valence-electron chi connectivity index (χ3n) is 11.4. The average molecular weight is 591 g/mol. The Morgan fingerprint density at radius 1 is 0.609 bits per heavy atom. The number of ether oxygens (including phenoxy) is 2. The topological polar surface area (TPSA) is 26.6 Å². The summed E-state index contributed by atoms with van der Waals surface area (Å²) in [7, 11) is 0. The van der Waals surface area contributed by atoms with Crippen molar-refractivity contribution in [3.63, 3.8) is 0 Å². The van der Waals surface area contributed by atoms with Gasteiger partial charge in [-0.3, -0.25) is 4.57 Å². The number of hydrogen-bond acceptors (Lipinski definition) is 3. The van der Waals surface area contributed by atoms with Crippen molar-refractivity contribution in [1.29, 1.82) is 0 Å². The van der Waals surface area contributed by atoms with Crippen LogP contribution in [-0.4, -0.2) is 4.57 Å². The van der Waals surface area contributed by atoms with Gasteiger partial charge in [0, 0.05) is 33.4 Å². The Balaban J connectivity index is 1.25. The van der Waals surface area contributed by atoms with Crippen LogP contribution in [0, 0.1) is 5.92 Å². The molecule has 0 bridgehead atoms. The summed E-state index contributed by atoms with van der Waals surface area (Å²) in [5, 5.41) is 4.82. The second kappa shape index (κ2) is 7.72. The van der Waals surface area contributed by atoms with Crippen LogP contribution in [0.15, 0.2) is 127 Å². The molecule has 46 heavy (non-hydrogen) atoms. The van der Waals surface area contributed by atoms with Crippen molar-refractivity contribution in [3.05, 3.63) is 144 Å². The van der Waals surface area contributed by atoms with Crippen molar-refractivity contribution >= 4 is 49.6 Å². The first kappa shape index (κ1) is 23.6. The highest BCUT2D eigenvalue weighted by Gasteiger charge is 2.54. The molecule has 4 heterocycles. The summed E-state index contributed by atoms with van der Waals surface area (Å²) in [6, 6.07) is 37.5. The van der Waals surface area contributed by atoms with Crippen molar-refractivity contribution in [1.82, 2.24) is 4.57 Å². The van der Waals surface area contributed by atoms with Gasteiger partial charge >= 0.3 is 0 Å². The van der Waals surface area contributed by atoms with E-state index in [-0.39, 0.29) is 5.41 Å². The number of para-hydroxylation sites is 2. The van der Waals surface area contributed by atoms with E-state index >= 15 is 0 Å². The molecule has 7 aromatic rings. The van der Waals surface area contributed by atoms with Crippen molar-refractivity contribution < 1.29 is 9.47 Å². The largest absolute Gasteiger partial charge is 0.453 e. The quantitative estimate of drug-likeness (QED) is 0.190. The van der Waals surface area contributed by atoms with Gasteiger partial charge < -0.3 is 14.4 Å². The predicted molar refractivity (Wildman–Crippen MR) is 184 cm³/mol. The van der Waals surface area contributed by atoms with E-state index < -0.39 is 0 Å². The molecule has 216 valence electrons. The van der Waals surface area contributed by atoms with Crippen LogP contribution in [0.5, 0.6) is 23.0 Å². The summed E-state index contributed by atoms with van der Waals surface area (Å²) in [5.41, 5.74) is 10.7. The fraction of sp³-hybridized carbons (Fsp3) is 0.0952. The Labute approximate surface area is 265 Å². The summed E-state index contributed by atoms with van der Waals surface area (Å²) in [6.45, 7) is 2.47. The van der Waals surface area contributed by atoms with Crippen LogP contribution in [0.3, 0.4) is 0 Å². The van der Waals surface area contributed by atoms with Gasteiger partial charge in [0.25, 0.3) is 0 Å². The molecule has 3 aliphatic heterocycles. The van der Waals surface area contributed by atoms with E-state index in [0.29, 0.717) is 11.8 Å². The number of anilines is 3. The lowest BCUT2D eigenvalue weighted by molar-refractivity contribution is 0.424. The average Bonchev–Trinajstić information content (AvgIpc) is 3.58. The van der Waals surface area contributed by atoms with E-state index in [0.717, 1.165) is 45.4 Å². The summed E-state index contributed by atoms with van der Waals surface area (Å²) >= 11 is 0. The summed E-state index contributed by atoms with van der Waals surface area (Å²) in [5.74, 6) is 4.07. The highest BCUT2D eigenvalue weighted by molar-refractivity contribution is 6.17. The minimum absolute atomic E-state index is 0.181. The molecule has 0 saturated carbocycles. The number of benzene rings is 6. The molecular formula is C42H26N2O2. The van der Waals surface area contributed by atoms with Gasteiger partial charge in [0.05, 0.1) is 28.1 Å². The molecule has 0 radical (unpaired) electrons. The van der Waals surface area contributed by atoms with E-state index in [9.17, 15) is 0 Å². The van der Waals surface area contributed by atoms with Gasteiger partial charge in [-0.2, -0.15) is 0 Å². The Bertz CT molecular complexity index is 2640. The summed E-state index contributed by atoms with van der Waals surface area (Å²) in [6.07, 6.45) is 9.30. The molecule has 5 aliphatic rings.